The van der Waals surface area contributed by atoms with Gasteiger partial charge in [0.1, 0.15) is 16.2 Å². The molecule has 2 heterocycles. The average molecular weight is 550 g/mol. The Bertz CT molecular complexity index is 1070. The summed E-state index contributed by atoms with van der Waals surface area (Å²) in [5, 5.41) is 3.25. The van der Waals surface area contributed by atoms with Crippen LogP contribution in [0, 0.1) is 11.3 Å². The molecule has 1 fully saturated rings. The van der Waals surface area contributed by atoms with Gasteiger partial charge < -0.3 is 14.2 Å². The van der Waals surface area contributed by atoms with Crippen molar-refractivity contribution in [2.75, 3.05) is 18.4 Å². The van der Waals surface area contributed by atoms with E-state index in [1.165, 1.54) is 10.5 Å². The van der Waals surface area contributed by atoms with Gasteiger partial charge in [-0.1, -0.05) is 50.7 Å². The number of sulfonamides is 1. The summed E-state index contributed by atoms with van der Waals surface area (Å²) < 4.78 is 40.8. The number of nitrogens with zero attached hydrogens (tertiary/aromatic N) is 3. The number of benzene rings is 1. The highest BCUT2D eigenvalue weighted by Gasteiger charge is 2.44. The van der Waals surface area contributed by atoms with Crippen molar-refractivity contribution in [3.63, 3.8) is 0 Å². The fraction of sp³-hybridized carbons (Fsp3) is 0.500. The Hall–Kier alpha value is -1.06. The average Bonchev–Trinajstić information content (AvgIpc) is 3.29. The van der Waals surface area contributed by atoms with Crippen molar-refractivity contribution >= 4 is 64.3 Å². The lowest BCUT2D eigenvalue weighted by atomic mass is 9.78. The van der Waals surface area contributed by atoms with Crippen LogP contribution in [0.1, 0.15) is 20.3 Å². The van der Waals surface area contributed by atoms with Crippen LogP contribution in [0.2, 0.25) is 23.4 Å². The van der Waals surface area contributed by atoms with Gasteiger partial charge in [-0.15, -0.1) is 0 Å². The largest absolute Gasteiger partial charge is 0.400 e. The van der Waals surface area contributed by atoms with Crippen molar-refractivity contribution in [3.05, 3.63) is 40.8 Å². The first kappa shape index (κ1) is 26.5. The SMILES string of the molecule is C[SiH2]OC(O[SiH2]C)C(C)(C)[C@@H]1CCN(S(=O)(=O)c2ccccc2Nc2nc(Cl)ncc2Cl)C1. The Morgan fingerprint density at radius 2 is 1.88 bits per heavy atom. The molecule has 1 saturated heterocycles. The van der Waals surface area contributed by atoms with Crippen molar-refractivity contribution in [2.24, 2.45) is 11.3 Å². The Morgan fingerprint density at radius 1 is 1.21 bits per heavy atom. The molecule has 0 saturated carbocycles. The fourth-order valence-corrected chi connectivity index (χ4v) is 7.79. The minimum atomic E-state index is -3.77. The first-order valence-electron chi connectivity index (χ1n) is 10.9. The highest BCUT2D eigenvalue weighted by Crippen LogP contribution is 2.41. The number of hydrogen-bond donors (Lipinski definition) is 1. The lowest BCUT2D eigenvalue weighted by molar-refractivity contribution is -0.102. The maximum atomic E-state index is 13.6. The molecule has 0 aliphatic carbocycles. The zero-order valence-corrected chi connectivity index (χ0v) is 24.4. The van der Waals surface area contributed by atoms with Gasteiger partial charge in [-0.05, 0) is 36.1 Å². The molecular weight excluding hydrogens is 519 g/mol. The van der Waals surface area contributed by atoms with Gasteiger partial charge in [-0.3, -0.25) is 0 Å². The summed E-state index contributed by atoms with van der Waals surface area (Å²) in [6, 6.07) is 6.69. The van der Waals surface area contributed by atoms with E-state index in [-0.39, 0.29) is 38.6 Å². The summed E-state index contributed by atoms with van der Waals surface area (Å²) in [6.45, 7) is 9.23. The van der Waals surface area contributed by atoms with E-state index in [0.29, 0.717) is 18.8 Å². The standard InChI is InChI=1S/C20H30Cl2N4O4SSi2/c1-20(2,18(29-32-3)30-33-4)13-9-10-26(12-13)31(27,28)16-8-6-5-7-15(16)24-17-14(21)11-23-19(22)25-17/h5-8,11,13,18H,9-10,12,32-33H2,1-4H3,(H,23,24,25)/t13-/m1/s1. The molecule has 0 spiro atoms. The third kappa shape index (κ3) is 5.96. The molecule has 1 aliphatic rings. The first-order chi connectivity index (χ1) is 15.6. The third-order valence-electron chi connectivity index (χ3n) is 5.92. The van der Waals surface area contributed by atoms with Gasteiger partial charge in [0.25, 0.3) is 0 Å². The minimum Gasteiger partial charge on any atom is -0.400 e. The fourth-order valence-electron chi connectivity index (χ4n) is 4.02. The molecule has 1 atom stereocenters. The number of halogens is 2. The van der Waals surface area contributed by atoms with Crippen molar-refractivity contribution in [2.45, 2.75) is 44.5 Å². The molecule has 0 amide bonds. The van der Waals surface area contributed by atoms with Crippen LogP contribution < -0.4 is 5.32 Å². The number of para-hydroxylation sites is 1. The van der Waals surface area contributed by atoms with Crippen LogP contribution >= 0.6 is 23.2 Å². The third-order valence-corrected chi connectivity index (χ3v) is 9.57. The second-order valence-corrected chi connectivity index (χ2v) is 12.8. The molecule has 0 radical (unpaired) electrons. The molecule has 33 heavy (non-hydrogen) atoms. The quantitative estimate of drug-likeness (QED) is 0.276. The monoisotopic (exact) mass is 548 g/mol. The van der Waals surface area contributed by atoms with E-state index in [1.807, 2.05) is 0 Å². The number of nitrogens with one attached hydrogen (secondary N) is 1. The lowest BCUT2D eigenvalue weighted by Gasteiger charge is -2.39. The normalized spacial score (nSPS) is 19.2. The van der Waals surface area contributed by atoms with Crippen LogP contribution in [0.15, 0.2) is 35.4 Å². The van der Waals surface area contributed by atoms with E-state index in [0.717, 1.165) is 6.42 Å². The summed E-state index contributed by atoms with van der Waals surface area (Å²) >= 11 is 12.0. The minimum absolute atomic E-state index is 0.0103. The maximum absolute atomic E-state index is 13.6. The smallest absolute Gasteiger partial charge is 0.245 e. The first-order valence-corrected chi connectivity index (χ1v) is 17.1. The number of hydrogen-bond acceptors (Lipinski definition) is 7. The summed E-state index contributed by atoms with van der Waals surface area (Å²) in [5.74, 6) is 0.359. The Balaban J connectivity index is 1.85. The number of anilines is 2. The van der Waals surface area contributed by atoms with Crippen LogP contribution in [-0.4, -0.2) is 61.6 Å². The Labute approximate surface area is 210 Å². The second kappa shape index (κ2) is 11.1. The van der Waals surface area contributed by atoms with Gasteiger partial charge in [-0.2, -0.15) is 9.29 Å². The molecule has 1 aliphatic heterocycles. The van der Waals surface area contributed by atoms with Gasteiger partial charge in [0.2, 0.25) is 15.3 Å². The van der Waals surface area contributed by atoms with Crippen LogP contribution in [0.3, 0.4) is 0 Å². The second-order valence-electron chi connectivity index (χ2n) is 8.37. The van der Waals surface area contributed by atoms with Gasteiger partial charge in [-0.25, -0.2) is 13.4 Å². The van der Waals surface area contributed by atoms with Gasteiger partial charge in [0, 0.05) is 18.5 Å². The predicted molar refractivity (Wildman–Crippen MR) is 137 cm³/mol. The van der Waals surface area contributed by atoms with E-state index in [2.05, 4.69) is 42.2 Å². The molecular formula is C20H30Cl2N4O4SSi2. The molecule has 1 aromatic heterocycles. The summed E-state index contributed by atoms with van der Waals surface area (Å²) in [5.41, 5.74) is 0.0784. The van der Waals surface area contributed by atoms with Gasteiger partial charge >= 0.3 is 0 Å². The topological polar surface area (TPSA) is 93.7 Å². The molecule has 13 heteroatoms. The van der Waals surface area contributed by atoms with Crippen LogP contribution in [-0.2, 0) is 18.9 Å². The molecule has 0 bridgehead atoms. The molecule has 8 nitrogen and oxygen atoms in total. The van der Waals surface area contributed by atoms with E-state index in [4.69, 9.17) is 32.1 Å². The van der Waals surface area contributed by atoms with Crippen molar-refractivity contribution in [1.82, 2.24) is 14.3 Å². The van der Waals surface area contributed by atoms with E-state index < -0.39 is 29.5 Å². The van der Waals surface area contributed by atoms with E-state index in [1.54, 1.807) is 24.3 Å². The highest BCUT2D eigenvalue weighted by molar-refractivity contribution is 7.89. The Kier molecular flexibility index (Phi) is 8.95. The van der Waals surface area contributed by atoms with Gasteiger partial charge in [0.05, 0.1) is 11.9 Å². The molecule has 1 N–H and O–H groups in total. The highest BCUT2D eigenvalue weighted by atomic mass is 35.5. The predicted octanol–water partition coefficient (Wildman–Crippen LogP) is 3.19. The van der Waals surface area contributed by atoms with Crippen molar-refractivity contribution < 1.29 is 17.3 Å². The Morgan fingerprint density at radius 3 is 2.55 bits per heavy atom. The van der Waals surface area contributed by atoms with Crippen LogP contribution in [0.5, 0.6) is 0 Å². The summed E-state index contributed by atoms with van der Waals surface area (Å²) in [4.78, 5) is 8.05. The molecule has 1 aromatic carbocycles. The molecule has 0 unspecified atom stereocenters. The van der Waals surface area contributed by atoms with E-state index >= 15 is 0 Å². The number of rotatable bonds is 10. The maximum Gasteiger partial charge on any atom is 0.245 e. The number of aromatic nitrogens is 2. The van der Waals surface area contributed by atoms with Crippen LogP contribution in [0.25, 0.3) is 0 Å². The molecule has 2 aromatic rings. The molecule has 3 rings (SSSR count). The van der Waals surface area contributed by atoms with Crippen molar-refractivity contribution in [1.29, 1.82) is 0 Å². The van der Waals surface area contributed by atoms with Crippen molar-refractivity contribution in [3.8, 4) is 0 Å². The lowest BCUT2D eigenvalue weighted by Crippen LogP contribution is -2.43. The van der Waals surface area contributed by atoms with Crippen LogP contribution in [0.4, 0.5) is 11.5 Å². The molecule has 182 valence electrons. The summed E-state index contributed by atoms with van der Waals surface area (Å²) in [6.07, 6.45) is 1.83. The van der Waals surface area contributed by atoms with E-state index in [9.17, 15) is 8.42 Å². The zero-order chi connectivity index (χ0) is 24.2. The summed E-state index contributed by atoms with van der Waals surface area (Å²) in [7, 11) is -5.08. The zero-order valence-electron chi connectivity index (χ0n) is 19.2. The van der Waals surface area contributed by atoms with Gasteiger partial charge in [0.15, 0.2) is 25.3 Å².